The van der Waals surface area contributed by atoms with Crippen molar-refractivity contribution in [1.82, 2.24) is 10.2 Å². The molecule has 0 atom stereocenters. The molecular weight excluding hydrogens is 124 g/mol. The molecule has 10 heavy (non-hydrogen) atoms. The zero-order chi connectivity index (χ0) is 7.40. The predicted octanol–water partition coefficient (Wildman–Crippen LogP) is 2.00. The van der Waals surface area contributed by atoms with E-state index in [0.29, 0.717) is 0 Å². The van der Waals surface area contributed by atoms with E-state index in [0.717, 1.165) is 11.1 Å². The number of aromatic amines is 1. The Hall–Kier alpha value is -1.31. The quantitative estimate of drug-likeness (QED) is 0.616. The van der Waals surface area contributed by atoms with E-state index in [1.165, 1.54) is 0 Å². The van der Waals surface area contributed by atoms with Crippen molar-refractivity contribution in [3.8, 4) is 0 Å². The fraction of sp³-hybridized carbons (Fsp3) is 0.125. The molecule has 2 nitrogen and oxygen atoms in total. The zero-order valence-corrected chi connectivity index (χ0v) is 5.96. The number of allylic oxidation sites excluding steroid dienone is 3. The molecule has 52 valence electrons. The van der Waals surface area contributed by atoms with Crippen molar-refractivity contribution in [3.05, 3.63) is 36.7 Å². The molecule has 1 heterocycles. The Bertz CT molecular complexity index is 232. The number of nitrogens with one attached hydrogen (secondary N) is 1. The molecule has 0 fully saturated rings. The molecule has 0 saturated carbocycles. The largest absolute Gasteiger partial charge is 0.285 e. The summed E-state index contributed by atoms with van der Waals surface area (Å²) >= 11 is 0. The summed E-state index contributed by atoms with van der Waals surface area (Å²) in [7, 11) is 0. The van der Waals surface area contributed by atoms with E-state index in [1.54, 1.807) is 6.20 Å². The SMILES string of the molecule is C=CC(=CC)c1cn[nH]c1. The lowest BCUT2D eigenvalue weighted by molar-refractivity contribution is 1.09. The van der Waals surface area contributed by atoms with Gasteiger partial charge in [0.25, 0.3) is 0 Å². The van der Waals surface area contributed by atoms with E-state index in [1.807, 2.05) is 25.3 Å². The van der Waals surface area contributed by atoms with E-state index in [9.17, 15) is 0 Å². The first-order valence-electron chi connectivity index (χ1n) is 3.16. The van der Waals surface area contributed by atoms with Gasteiger partial charge >= 0.3 is 0 Å². The smallest absolute Gasteiger partial charge is 0.0565 e. The summed E-state index contributed by atoms with van der Waals surface area (Å²) in [6.45, 7) is 5.65. The maximum Gasteiger partial charge on any atom is 0.0565 e. The number of aromatic nitrogens is 2. The molecule has 0 bridgehead atoms. The van der Waals surface area contributed by atoms with Gasteiger partial charge in [-0.25, -0.2) is 0 Å². The highest BCUT2D eigenvalue weighted by Gasteiger charge is 1.94. The average molecular weight is 134 g/mol. The van der Waals surface area contributed by atoms with Crippen LogP contribution in [0.4, 0.5) is 0 Å². The van der Waals surface area contributed by atoms with Gasteiger partial charge in [0.15, 0.2) is 0 Å². The average Bonchev–Trinajstić information content (AvgIpc) is 2.43. The van der Waals surface area contributed by atoms with E-state index in [2.05, 4.69) is 16.8 Å². The molecular formula is C8H10N2. The van der Waals surface area contributed by atoms with Gasteiger partial charge in [0.05, 0.1) is 6.20 Å². The Balaban J connectivity index is 2.95. The van der Waals surface area contributed by atoms with Crippen LogP contribution < -0.4 is 0 Å². The lowest BCUT2D eigenvalue weighted by Gasteiger charge is -1.91. The Labute approximate surface area is 60.3 Å². The number of H-pyrrole nitrogens is 1. The van der Waals surface area contributed by atoms with Crippen LogP contribution in [0.2, 0.25) is 0 Å². The van der Waals surface area contributed by atoms with Crippen molar-refractivity contribution >= 4 is 5.57 Å². The molecule has 0 radical (unpaired) electrons. The van der Waals surface area contributed by atoms with E-state index in [-0.39, 0.29) is 0 Å². The Morgan fingerprint density at radius 1 is 1.80 bits per heavy atom. The van der Waals surface area contributed by atoms with Crippen LogP contribution in [-0.4, -0.2) is 10.2 Å². The topological polar surface area (TPSA) is 28.7 Å². The summed E-state index contributed by atoms with van der Waals surface area (Å²) in [6.07, 6.45) is 7.43. The van der Waals surface area contributed by atoms with Crippen molar-refractivity contribution in [1.29, 1.82) is 0 Å². The van der Waals surface area contributed by atoms with Crippen molar-refractivity contribution in [2.75, 3.05) is 0 Å². The van der Waals surface area contributed by atoms with Gasteiger partial charge in [-0.05, 0) is 12.5 Å². The molecule has 0 unspecified atom stereocenters. The molecule has 0 aliphatic heterocycles. The minimum atomic E-state index is 1.08. The van der Waals surface area contributed by atoms with Crippen LogP contribution in [0.3, 0.4) is 0 Å². The second-order valence-electron chi connectivity index (χ2n) is 1.94. The minimum absolute atomic E-state index is 1.08. The summed E-state index contributed by atoms with van der Waals surface area (Å²) in [5.74, 6) is 0. The van der Waals surface area contributed by atoms with E-state index >= 15 is 0 Å². The number of hydrogen-bond donors (Lipinski definition) is 1. The molecule has 0 aliphatic carbocycles. The summed E-state index contributed by atoms with van der Waals surface area (Å²) in [5, 5.41) is 6.57. The number of nitrogens with zero attached hydrogens (tertiary/aromatic N) is 1. The van der Waals surface area contributed by atoms with Crippen LogP contribution in [0.5, 0.6) is 0 Å². The van der Waals surface area contributed by atoms with Crippen LogP contribution >= 0.6 is 0 Å². The highest BCUT2D eigenvalue weighted by atomic mass is 15.1. The molecule has 1 N–H and O–H groups in total. The van der Waals surface area contributed by atoms with Crippen molar-refractivity contribution < 1.29 is 0 Å². The molecule has 1 rings (SSSR count). The molecule has 0 amide bonds. The summed E-state index contributed by atoms with van der Waals surface area (Å²) in [6, 6.07) is 0. The Morgan fingerprint density at radius 2 is 2.60 bits per heavy atom. The maximum absolute atomic E-state index is 3.83. The second kappa shape index (κ2) is 3.01. The summed E-state index contributed by atoms with van der Waals surface area (Å²) in [5.41, 5.74) is 2.19. The monoisotopic (exact) mass is 134 g/mol. The fourth-order valence-electron chi connectivity index (χ4n) is 0.811. The van der Waals surface area contributed by atoms with Crippen LogP contribution in [0.1, 0.15) is 12.5 Å². The standard InChI is InChI=1S/C8H10N2/c1-3-7(4-2)8-5-9-10-6-8/h3-6H,1H2,2H3,(H,9,10). The molecule has 1 aromatic heterocycles. The normalized spacial score (nSPS) is 11.5. The van der Waals surface area contributed by atoms with Gasteiger partial charge in [0, 0.05) is 11.8 Å². The van der Waals surface area contributed by atoms with Gasteiger partial charge in [-0.3, -0.25) is 5.10 Å². The molecule has 0 spiro atoms. The minimum Gasteiger partial charge on any atom is -0.285 e. The van der Waals surface area contributed by atoms with Gasteiger partial charge in [-0.1, -0.05) is 18.7 Å². The Morgan fingerprint density at radius 3 is 3.00 bits per heavy atom. The molecule has 0 saturated heterocycles. The third kappa shape index (κ3) is 1.16. The third-order valence-electron chi connectivity index (χ3n) is 1.36. The summed E-state index contributed by atoms with van der Waals surface area (Å²) < 4.78 is 0. The lowest BCUT2D eigenvalue weighted by Crippen LogP contribution is -1.72. The zero-order valence-electron chi connectivity index (χ0n) is 5.96. The van der Waals surface area contributed by atoms with Crippen LogP contribution in [-0.2, 0) is 0 Å². The first-order chi connectivity index (χ1) is 4.88. The van der Waals surface area contributed by atoms with Gasteiger partial charge in [-0.15, -0.1) is 0 Å². The maximum atomic E-state index is 3.83. The van der Waals surface area contributed by atoms with E-state index < -0.39 is 0 Å². The Kier molecular flexibility index (Phi) is 2.05. The van der Waals surface area contributed by atoms with E-state index in [4.69, 9.17) is 0 Å². The highest BCUT2D eigenvalue weighted by molar-refractivity contribution is 5.72. The van der Waals surface area contributed by atoms with Gasteiger partial charge < -0.3 is 0 Å². The number of rotatable bonds is 2. The molecule has 0 aliphatic rings. The third-order valence-corrected chi connectivity index (χ3v) is 1.36. The molecule has 2 heteroatoms. The van der Waals surface area contributed by atoms with Gasteiger partial charge in [0.1, 0.15) is 0 Å². The predicted molar refractivity (Wildman–Crippen MR) is 42.4 cm³/mol. The van der Waals surface area contributed by atoms with Crippen molar-refractivity contribution in [3.63, 3.8) is 0 Å². The second-order valence-corrected chi connectivity index (χ2v) is 1.94. The van der Waals surface area contributed by atoms with Gasteiger partial charge in [-0.2, -0.15) is 5.10 Å². The van der Waals surface area contributed by atoms with Gasteiger partial charge in [0.2, 0.25) is 0 Å². The molecule has 0 aromatic carbocycles. The van der Waals surface area contributed by atoms with Crippen LogP contribution in [0, 0.1) is 0 Å². The lowest BCUT2D eigenvalue weighted by atomic mass is 10.1. The first-order valence-corrected chi connectivity index (χ1v) is 3.16. The van der Waals surface area contributed by atoms with Crippen LogP contribution in [0.25, 0.3) is 5.57 Å². The fourth-order valence-corrected chi connectivity index (χ4v) is 0.811. The summed E-state index contributed by atoms with van der Waals surface area (Å²) in [4.78, 5) is 0. The highest BCUT2D eigenvalue weighted by Crippen LogP contribution is 2.11. The number of hydrogen-bond acceptors (Lipinski definition) is 1. The van der Waals surface area contributed by atoms with Crippen LogP contribution in [0.15, 0.2) is 31.1 Å². The van der Waals surface area contributed by atoms with Crippen molar-refractivity contribution in [2.45, 2.75) is 6.92 Å². The first kappa shape index (κ1) is 6.81. The molecule has 1 aromatic rings. The van der Waals surface area contributed by atoms with Crippen molar-refractivity contribution in [2.24, 2.45) is 0 Å².